The molecule has 20 heavy (non-hydrogen) atoms. The predicted molar refractivity (Wildman–Crippen MR) is 80.3 cm³/mol. The van der Waals surface area contributed by atoms with E-state index in [0.29, 0.717) is 12.5 Å². The van der Waals surface area contributed by atoms with Crippen molar-refractivity contribution in [3.63, 3.8) is 0 Å². The first-order valence-electron chi connectivity index (χ1n) is 7.27. The van der Waals surface area contributed by atoms with Crippen LogP contribution in [0.1, 0.15) is 29.8 Å². The van der Waals surface area contributed by atoms with Gasteiger partial charge in [-0.25, -0.2) is 4.98 Å². The van der Waals surface area contributed by atoms with Crippen LogP contribution in [0.15, 0.2) is 36.7 Å². The van der Waals surface area contributed by atoms with Gasteiger partial charge in [0.2, 0.25) is 0 Å². The van der Waals surface area contributed by atoms with E-state index in [2.05, 4.69) is 51.8 Å². The van der Waals surface area contributed by atoms with E-state index >= 15 is 0 Å². The highest BCUT2D eigenvalue weighted by molar-refractivity contribution is 5.25. The summed E-state index contributed by atoms with van der Waals surface area (Å²) in [6.45, 7) is 6.92. The average molecular weight is 270 g/mol. The van der Waals surface area contributed by atoms with Gasteiger partial charge in [-0.15, -0.1) is 0 Å². The highest BCUT2D eigenvalue weighted by Gasteiger charge is 2.16. The van der Waals surface area contributed by atoms with E-state index in [-0.39, 0.29) is 0 Å². The Hall–Kier alpha value is -1.65. The quantitative estimate of drug-likeness (QED) is 0.924. The van der Waals surface area contributed by atoms with E-state index in [1.807, 2.05) is 6.20 Å². The Labute approximate surface area is 120 Å². The molecular formula is C16H22N4. The molecule has 4 nitrogen and oxygen atoms in total. The normalized spacial score (nSPS) is 16.9. The number of imidazole rings is 1. The van der Waals surface area contributed by atoms with Crippen molar-refractivity contribution in [2.24, 2.45) is 5.73 Å². The van der Waals surface area contributed by atoms with Crippen molar-refractivity contribution in [3.05, 3.63) is 53.6 Å². The van der Waals surface area contributed by atoms with Crippen molar-refractivity contribution >= 4 is 0 Å². The zero-order valence-corrected chi connectivity index (χ0v) is 12.0. The molecule has 0 radical (unpaired) electrons. The molecule has 2 aromatic rings. The van der Waals surface area contributed by atoms with Crippen molar-refractivity contribution in [1.82, 2.24) is 14.5 Å². The van der Waals surface area contributed by atoms with Gasteiger partial charge in [-0.1, -0.05) is 31.2 Å². The molecule has 0 bridgehead atoms. The monoisotopic (exact) mass is 270 g/mol. The molecule has 1 aromatic carbocycles. The summed E-state index contributed by atoms with van der Waals surface area (Å²) < 4.78 is 2.24. The minimum Gasteiger partial charge on any atom is -0.333 e. The number of nitrogens with zero attached hydrogens (tertiary/aromatic N) is 3. The number of rotatable bonds is 4. The number of aromatic nitrogens is 2. The molecule has 1 atom stereocenters. The van der Waals surface area contributed by atoms with E-state index in [9.17, 15) is 0 Å². The maximum atomic E-state index is 5.71. The van der Waals surface area contributed by atoms with Crippen molar-refractivity contribution in [2.45, 2.75) is 32.5 Å². The average Bonchev–Trinajstić information content (AvgIpc) is 2.95. The molecule has 0 fully saturated rings. The van der Waals surface area contributed by atoms with Crippen molar-refractivity contribution < 1.29 is 0 Å². The van der Waals surface area contributed by atoms with Gasteiger partial charge in [0.15, 0.2) is 0 Å². The maximum absolute atomic E-state index is 5.71. The Bertz CT molecular complexity index is 558. The summed E-state index contributed by atoms with van der Waals surface area (Å²) in [6.07, 6.45) is 3.96. The fraction of sp³-hybridized carbons (Fsp3) is 0.438. The van der Waals surface area contributed by atoms with E-state index in [1.54, 1.807) is 0 Å². The topological polar surface area (TPSA) is 47.1 Å². The zero-order valence-electron chi connectivity index (χ0n) is 12.0. The molecular weight excluding hydrogens is 248 g/mol. The molecule has 0 aliphatic carbocycles. The number of hydrogen-bond donors (Lipinski definition) is 1. The molecule has 1 unspecified atom stereocenters. The van der Waals surface area contributed by atoms with Crippen LogP contribution in [-0.4, -0.2) is 27.5 Å². The van der Waals surface area contributed by atoms with E-state index < -0.39 is 0 Å². The molecule has 1 aromatic heterocycles. The second-order valence-corrected chi connectivity index (χ2v) is 5.63. The van der Waals surface area contributed by atoms with Gasteiger partial charge in [-0.05, 0) is 23.6 Å². The van der Waals surface area contributed by atoms with Crippen LogP contribution in [0.5, 0.6) is 0 Å². The van der Waals surface area contributed by atoms with Crippen molar-refractivity contribution in [3.8, 4) is 0 Å². The molecule has 2 heterocycles. The van der Waals surface area contributed by atoms with Gasteiger partial charge < -0.3 is 10.3 Å². The lowest BCUT2D eigenvalue weighted by Crippen LogP contribution is -2.33. The summed E-state index contributed by atoms with van der Waals surface area (Å²) in [5.74, 6) is 1.61. The highest BCUT2D eigenvalue weighted by atomic mass is 15.2. The van der Waals surface area contributed by atoms with Crippen molar-refractivity contribution in [2.75, 3.05) is 13.1 Å². The third-order valence-corrected chi connectivity index (χ3v) is 4.13. The lowest BCUT2D eigenvalue weighted by Gasteiger charge is -2.27. The van der Waals surface area contributed by atoms with Crippen LogP contribution in [0.2, 0.25) is 0 Å². The second-order valence-electron chi connectivity index (χ2n) is 5.63. The van der Waals surface area contributed by atoms with Crippen LogP contribution < -0.4 is 5.73 Å². The molecule has 0 amide bonds. The van der Waals surface area contributed by atoms with Gasteiger partial charge in [0, 0.05) is 32.0 Å². The largest absolute Gasteiger partial charge is 0.333 e. The first-order valence-corrected chi connectivity index (χ1v) is 7.27. The summed E-state index contributed by atoms with van der Waals surface area (Å²) in [7, 11) is 0. The van der Waals surface area contributed by atoms with E-state index in [4.69, 9.17) is 5.73 Å². The minimum absolute atomic E-state index is 0.437. The molecule has 0 spiro atoms. The smallest absolute Gasteiger partial charge is 0.122 e. The molecule has 1 aliphatic heterocycles. The van der Waals surface area contributed by atoms with Crippen LogP contribution in [0.3, 0.4) is 0 Å². The standard InChI is InChI=1S/C16H22N4/c1-13(10-17)15-4-2-14(3-5-15)11-19-8-9-20-7-6-18-16(20)12-19/h2-7,13H,8-12,17H2,1H3. The van der Waals surface area contributed by atoms with Gasteiger partial charge in [-0.2, -0.15) is 0 Å². The molecule has 2 N–H and O–H groups in total. The number of fused-ring (bicyclic) bond motifs is 1. The van der Waals surface area contributed by atoms with Crippen LogP contribution in [0, 0.1) is 0 Å². The predicted octanol–water partition coefficient (Wildman–Crippen LogP) is 1.96. The lowest BCUT2D eigenvalue weighted by molar-refractivity contribution is 0.209. The maximum Gasteiger partial charge on any atom is 0.122 e. The van der Waals surface area contributed by atoms with Gasteiger partial charge >= 0.3 is 0 Å². The van der Waals surface area contributed by atoms with Crippen molar-refractivity contribution in [1.29, 1.82) is 0 Å². The van der Waals surface area contributed by atoms with Crippen LogP contribution >= 0.6 is 0 Å². The number of benzene rings is 1. The molecule has 1 aliphatic rings. The van der Waals surface area contributed by atoms with E-state index in [1.165, 1.54) is 17.0 Å². The SMILES string of the molecule is CC(CN)c1ccc(CN2CCn3ccnc3C2)cc1. The fourth-order valence-corrected chi connectivity index (χ4v) is 2.70. The number of nitrogens with two attached hydrogens (primary N) is 1. The van der Waals surface area contributed by atoms with Gasteiger partial charge in [-0.3, -0.25) is 4.90 Å². The summed E-state index contributed by atoms with van der Waals surface area (Å²) in [5, 5.41) is 0. The third-order valence-electron chi connectivity index (χ3n) is 4.13. The summed E-state index contributed by atoms with van der Waals surface area (Å²) in [5.41, 5.74) is 8.39. The summed E-state index contributed by atoms with van der Waals surface area (Å²) >= 11 is 0. The number of hydrogen-bond acceptors (Lipinski definition) is 3. The highest BCUT2D eigenvalue weighted by Crippen LogP contribution is 2.17. The molecule has 4 heteroatoms. The molecule has 106 valence electrons. The Morgan fingerprint density at radius 2 is 2.05 bits per heavy atom. The van der Waals surface area contributed by atoms with E-state index in [0.717, 1.165) is 26.2 Å². The first kappa shape index (κ1) is 13.3. The lowest BCUT2D eigenvalue weighted by atomic mass is 10.00. The zero-order chi connectivity index (χ0) is 13.9. The van der Waals surface area contributed by atoms with Gasteiger partial charge in [0.1, 0.15) is 5.82 Å². The van der Waals surface area contributed by atoms with Crippen LogP contribution in [-0.2, 0) is 19.6 Å². The third kappa shape index (κ3) is 2.76. The van der Waals surface area contributed by atoms with Crippen LogP contribution in [0.4, 0.5) is 0 Å². The minimum atomic E-state index is 0.437. The Balaban J connectivity index is 1.64. The van der Waals surface area contributed by atoms with Gasteiger partial charge in [0.05, 0.1) is 6.54 Å². The summed E-state index contributed by atoms with van der Waals surface area (Å²) in [6, 6.07) is 8.86. The molecule has 3 rings (SSSR count). The van der Waals surface area contributed by atoms with Crippen LogP contribution in [0.25, 0.3) is 0 Å². The molecule has 0 saturated heterocycles. The second kappa shape index (κ2) is 5.77. The summed E-state index contributed by atoms with van der Waals surface area (Å²) in [4.78, 5) is 6.85. The Morgan fingerprint density at radius 3 is 2.80 bits per heavy atom. The first-order chi connectivity index (χ1) is 9.76. The fourth-order valence-electron chi connectivity index (χ4n) is 2.70. The van der Waals surface area contributed by atoms with Gasteiger partial charge in [0.25, 0.3) is 0 Å². The molecule has 0 saturated carbocycles. The Kier molecular flexibility index (Phi) is 3.85. The Morgan fingerprint density at radius 1 is 1.25 bits per heavy atom.